The lowest BCUT2D eigenvalue weighted by molar-refractivity contribution is 0.413. The Morgan fingerprint density at radius 1 is 1.33 bits per heavy atom. The molecule has 18 heavy (non-hydrogen) atoms. The summed E-state index contributed by atoms with van der Waals surface area (Å²) in [5.41, 5.74) is 7.18. The predicted molar refractivity (Wildman–Crippen MR) is 80.3 cm³/mol. The highest BCUT2D eigenvalue weighted by Gasteiger charge is 2.22. The molecule has 0 saturated heterocycles. The van der Waals surface area contributed by atoms with Crippen LogP contribution in [0.25, 0.3) is 0 Å². The smallest absolute Gasteiger partial charge is 0.118 e. The summed E-state index contributed by atoms with van der Waals surface area (Å²) < 4.78 is 6.28. The first-order valence-electron chi connectivity index (χ1n) is 5.67. The van der Waals surface area contributed by atoms with Crippen LogP contribution in [0.15, 0.2) is 40.2 Å². The van der Waals surface area contributed by atoms with Crippen LogP contribution in [0.2, 0.25) is 0 Å². The highest BCUT2D eigenvalue weighted by Crippen LogP contribution is 2.28. The van der Waals surface area contributed by atoms with Gasteiger partial charge in [0.1, 0.15) is 5.75 Å². The molecule has 1 atom stereocenters. The molecule has 0 amide bonds. The second kappa shape index (κ2) is 5.43. The van der Waals surface area contributed by atoms with Gasteiger partial charge in [-0.05, 0) is 46.6 Å². The van der Waals surface area contributed by atoms with Crippen molar-refractivity contribution >= 4 is 27.3 Å². The molecule has 2 aromatic rings. The van der Waals surface area contributed by atoms with Crippen LogP contribution < -0.4 is 10.5 Å². The topological polar surface area (TPSA) is 35.2 Å². The summed E-state index contributed by atoms with van der Waals surface area (Å²) in [6.07, 6.45) is 0.829. The molecule has 0 spiro atoms. The van der Waals surface area contributed by atoms with Gasteiger partial charge in [-0.25, -0.2) is 0 Å². The van der Waals surface area contributed by atoms with E-state index in [-0.39, 0.29) is 5.54 Å². The van der Waals surface area contributed by atoms with E-state index in [1.807, 2.05) is 24.3 Å². The van der Waals surface area contributed by atoms with Crippen LogP contribution in [0.3, 0.4) is 0 Å². The molecule has 4 heteroatoms. The average Bonchev–Trinajstić information content (AvgIpc) is 2.74. The number of ether oxygens (including phenoxy) is 1. The van der Waals surface area contributed by atoms with Crippen LogP contribution in [0.5, 0.6) is 5.75 Å². The van der Waals surface area contributed by atoms with Crippen LogP contribution in [-0.4, -0.2) is 7.11 Å². The summed E-state index contributed by atoms with van der Waals surface area (Å²) in [6.45, 7) is 2.06. The van der Waals surface area contributed by atoms with Crippen LogP contribution in [0.1, 0.15) is 17.4 Å². The maximum atomic E-state index is 6.42. The maximum absolute atomic E-state index is 6.42. The minimum Gasteiger partial charge on any atom is -0.497 e. The lowest BCUT2D eigenvalue weighted by Crippen LogP contribution is -2.35. The van der Waals surface area contributed by atoms with E-state index in [0.717, 1.165) is 22.2 Å². The van der Waals surface area contributed by atoms with E-state index in [4.69, 9.17) is 10.5 Å². The molecule has 2 nitrogen and oxygen atoms in total. The Morgan fingerprint density at radius 3 is 2.50 bits per heavy atom. The zero-order valence-corrected chi connectivity index (χ0v) is 12.8. The molecule has 0 aliphatic rings. The van der Waals surface area contributed by atoms with Gasteiger partial charge in [0.2, 0.25) is 0 Å². The molecule has 0 saturated carbocycles. The van der Waals surface area contributed by atoms with Gasteiger partial charge >= 0.3 is 0 Å². The van der Waals surface area contributed by atoms with Crippen molar-refractivity contribution < 1.29 is 4.74 Å². The number of benzene rings is 1. The fraction of sp³-hybridized carbons (Fsp3) is 0.286. The second-order valence-electron chi connectivity index (χ2n) is 4.55. The summed E-state index contributed by atoms with van der Waals surface area (Å²) in [6, 6.07) is 10.1. The highest BCUT2D eigenvalue weighted by atomic mass is 79.9. The monoisotopic (exact) mass is 325 g/mol. The van der Waals surface area contributed by atoms with E-state index in [1.54, 1.807) is 18.4 Å². The SMILES string of the molecule is COc1ccc(C(C)(N)Cc2cc(Br)cs2)cc1. The normalized spacial score (nSPS) is 14.2. The van der Waals surface area contributed by atoms with Crippen molar-refractivity contribution in [2.45, 2.75) is 18.9 Å². The van der Waals surface area contributed by atoms with Crippen molar-refractivity contribution in [3.05, 3.63) is 50.6 Å². The Hall–Kier alpha value is -0.840. The van der Waals surface area contributed by atoms with E-state index in [0.29, 0.717) is 0 Å². The van der Waals surface area contributed by atoms with E-state index in [2.05, 4.69) is 34.3 Å². The van der Waals surface area contributed by atoms with Gasteiger partial charge in [-0.1, -0.05) is 12.1 Å². The number of hydrogen-bond acceptors (Lipinski definition) is 3. The first kappa shape index (κ1) is 13.6. The molecule has 0 fully saturated rings. The van der Waals surface area contributed by atoms with Crippen LogP contribution in [-0.2, 0) is 12.0 Å². The van der Waals surface area contributed by atoms with Crippen molar-refractivity contribution in [2.75, 3.05) is 7.11 Å². The second-order valence-corrected chi connectivity index (χ2v) is 6.47. The van der Waals surface area contributed by atoms with E-state index in [9.17, 15) is 0 Å². The summed E-state index contributed by atoms with van der Waals surface area (Å²) in [5.74, 6) is 0.855. The molecule has 1 aromatic carbocycles. The zero-order chi connectivity index (χ0) is 13.2. The largest absolute Gasteiger partial charge is 0.497 e. The number of rotatable bonds is 4. The van der Waals surface area contributed by atoms with Crippen LogP contribution in [0, 0.1) is 0 Å². The number of thiophene rings is 1. The molecule has 1 heterocycles. The molecule has 0 aliphatic heterocycles. The number of nitrogens with two attached hydrogens (primary N) is 1. The van der Waals surface area contributed by atoms with Gasteiger partial charge in [0, 0.05) is 26.7 Å². The Labute approximate surface area is 120 Å². The Morgan fingerprint density at radius 2 is 2.00 bits per heavy atom. The molecule has 0 aliphatic carbocycles. The van der Waals surface area contributed by atoms with Gasteiger partial charge in [0.15, 0.2) is 0 Å². The van der Waals surface area contributed by atoms with E-state index < -0.39 is 0 Å². The Balaban J connectivity index is 2.18. The number of halogens is 1. The number of methoxy groups -OCH3 is 1. The van der Waals surface area contributed by atoms with E-state index >= 15 is 0 Å². The average molecular weight is 326 g/mol. The molecule has 96 valence electrons. The molecule has 0 radical (unpaired) electrons. The van der Waals surface area contributed by atoms with Crippen molar-refractivity contribution in [3.8, 4) is 5.75 Å². The Bertz CT molecular complexity index is 519. The van der Waals surface area contributed by atoms with Gasteiger partial charge in [-0.2, -0.15) is 0 Å². The fourth-order valence-corrected chi connectivity index (χ4v) is 3.50. The summed E-state index contributed by atoms with van der Waals surface area (Å²) in [5, 5.41) is 2.08. The van der Waals surface area contributed by atoms with Crippen molar-refractivity contribution in [1.82, 2.24) is 0 Å². The van der Waals surface area contributed by atoms with Gasteiger partial charge in [-0.3, -0.25) is 0 Å². The van der Waals surface area contributed by atoms with Gasteiger partial charge in [0.25, 0.3) is 0 Å². The molecular weight excluding hydrogens is 310 g/mol. The van der Waals surface area contributed by atoms with Crippen molar-refractivity contribution in [3.63, 3.8) is 0 Å². The van der Waals surface area contributed by atoms with Gasteiger partial charge in [0.05, 0.1) is 7.11 Å². The standard InChI is InChI=1S/C14H16BrNOS/c1-14(16,8-13-7-11(15)9-18-13)10-3-5-12(17-2)6-4-10/h3-7,9H,8,16H2,1-2H3. The lowest BCUT2D eigenvalue weighted by Gasteiger charge is -2.24. The van der Waals surface area contributed by atoms with Gasteiger partial charge < -0.3 is 10.5 Å². The van der Waals surface area contributed by atoms with E-state index in [1.165, 1.54) is 4.88 Å². The lowest BCUT2D eigenvalue weighted by atomic mass is 9.89. The van der Waals surface area contributed by atoms with Gasteiger partial charge in [-0.15, -0.1) is 11.3 Å². The molecule has 2 N–H and O–H groups in total. The summed E-state index contributed by atoms with van der Waals surface area (Å²) >= 11 is 5.20. The molecule has 0 bridgehead atoms. The highest BCUT2D eigenvalue weighted by molar-refractivity contribution is 9.10. The third kappa shape index (κ3) is 3.13. The number of hydrogen-bond donors (Lipinski definition) is 1. The summed E-state index contributed by atoms with van der Waals surface area (Å²) in [7, 11) is 1.67. The Kier molecular flexibility index (Phi) is 4.10. The van der Waals surface area contributed by atoms with Crippen LogP contribution >= 0.6 is 27.3 Å². The quantitative estimate of drug-likeness (QED) is 0.924. The van der Waals surface area contributed by atoms with Crippen molar-refractivity contribution in [1.29, 1.82) is 0 Å². The van der Waals surface area contributed by atoms with Crippen molar-refractivity contribution in [2.24, 2.45) is 5.73 Å². The fourth-order valence-electron chi connectivity index (χ4n) is 1.88. The minimum atomic E-state index is -0.365. The third-order valence-corrected chi connectivity index (χ3v) is 4.61. The first-order chi connectivity index (χ1) is 8.51. The maximum Gasteiger partial charge on any atom is 0.118 e. The molecule has 2 rings (SSSR count). The molecule has 1 unspecified atom stereocenters. The zero-order valence-electron chi connectivity index (χ0n) is 10.4. The minimum absolute atomic E-state index is 0.365. The molecule has 1 aromatic heterocycles. The van der Waals surface area contributed by atoms with Crippen LogP contribution in [0.4, 0.5) is 0 Å². The summed E-state index contributed by atoms with van der Waals surface area (Å²) in [4.78, 5) is 1.28. The third-order valence-electron chi connectivity index (χ3n) is 2.91. The first-order valence-corrected chi connectivity index (χ1v) is 7.35. The predicted octanol–water partition coefficient (Wildman–Crippen LogP) is 3.94. The molecular formula is C14H16BrNOS.